The smallest absolute Gasteiger partial charge is 0.450 e. The van der Waals surface area contributed by atoms with Crippen LogP contribution < -0.4 is 10.1 Å². The Labute approximate surface area is 193 Å². The number of nitrogens with zero attached hydrogens (tertiary/aromatic N) is 2. The zero-order valence-corrected chi connectivity index (χ0v) is 19.2. The number of benzene rings is 2. The van der Waals surface area contributed by atoms with E-state index in [1.165, 1.54) is 12.1 Å². The Balaban J connectivity index is 0.000000620. The van der Waals surface area contributed by atoms with Crippen molar-refractivity contribution in [3.63, 3.8) is 0 Å². The Morgan fingerprint density at radius 1 is 0.941 bits per heavy atom. The second kappa shape index (κ2) is 13.4. The van der Waals surface area contributed by atoms with Crippen LogP contribution in [-0.2, 0) is 19.8 Å². The molecule has 2 aromatic carbocycles. The van der Waals surface area contributed by atoms with Gasteiger partial charge in [-0.3, -0.25) is 20.2 Å². The second-order valence-corrected chi connectivity index (χ2v) is 7.03. The standard InChI is InChI=1S/C15H12F3N3O5.C4H10O3P/c1-2-19-11-8-10(4-5-12(11)20(22)23)26-14-6-3-9(15(16,17)18)7-13(14)21(24)25;1-3-6-8(5)7-4-2/h3-8,19H,2H2,1H3;3-4H2,1-2H3/q;+1. The maximum Gasteiger partial charge on any atom is 0.697 e. The van der Waals surface area contributed by atoms with Crippen LogP contribution in [0.5, 0.6) is 11.5 Å². The van der Waals surface area contributed by atoms with E-state index in [0.29, 0.717) is 31.9 Å². The minimum Gasteiger partial charge on any atom is -0.450 e. The largest absolute Gasteiger partial charge is 0.697 e. The van der Waals surface area contributed by atoms with Crippen molar-refractivity contribution in [2.45, 2.75) is 26.9 Å². The molecule has 34 heavy (non-hydrogen) atoms. The van der Waals surface area contributed by atoms with Crippen molar-refractivity contribution in [3.8, 4) is 11.5 Å². The maximum atomic E-state index is 12.7. The molecule has 0 radical (unpaired) electrons. The zero-order chi connectivity index (χ0) is 25.9. The van der Waals surface area contributed by atoms with Crippen LogP contribution in [0.25, 0.3) is 0 Å². The highest BCUT2D eigenvalue weighted by atomic mass is 31.1. The van der Waals surface area contributed by atoms with E-state index >= 15 is 0 Å². The van der Waals surface area contributed by atoms with Crippen LogP contribution >= 0.6 is 8.25 Å². The van der Waals surface area contributed by atoms with E-state index in [-0.39, 0.29) is 17.1 Å². The van der Waals surface area contributed by atoms with Crippen LogP contribution in [0.2, 0.25) is 0 Å². The average molecular weight is 508 g/mol. The summed E-state index contributed by atoms with van der Waals surface area (Å²) in [5.74, 6) is -0.422. The first-order valence-electron chi connectivity index (χ1n) is 9.73. The first-order valence-corrected chi connectivity index (χ1v) is 10.8. The van der Waals surface area contributed by atoms with Gasteiger partial charge in [-0.1, -0.05) is 0 Å². The fraction of sp³-hybridized carbons (Fsp3) is 0.368. The van der Waals surface area contributed by atoms with Gasteiger partial charge in [0.05, 0.1) is 15.4 Å². The number of hydrogen-bond donors (Lipinski definition) is 1. The van der Waals surface area contributed by atoms with Gasteiger partial charge < -0.3 is 10.1 Å². The predicted molar refractivity (Wildman–Crippen MR) is 116 cm³/mol. The highest BCUT2D eigenvalue weighted by Crippen LogP contribution is 2.39. The Hall–Kier alpha value is -3.35. The number of hydrogen-bond acceptors (Lipinski definition) is 9. The minimum absolute atomic E-state index is 0.00518. The molecule has 0 saturated carbocycles. The first kappa shape index (κ1) is 28.7. The van der Waals surface area contributed by atoms with Crippen molar-refractivity contribution in [2.75, 3.05) is 25.1 Å². The third kappa shape index (κ3) is 8.89. The fourth-order valence-electron chi connectivity index (χ4n) is 2.37. The van der Waals surface area contributed by atoms with E-state index in [1.54, 1.807) is 20.8 Å². The lowest BCUT2D eigenvalue weighted by Gasteiger charge is -2.11. The summed E-state index contributed by atoms with van der Waals surface area (Å²) in [6, 6.07) is 5.41. The van der Waals surface area contributed by atoms with Crippen molar-refractivity contribution in [1.29, 1.82) is 0 Å². The van der Waals surface area contributed by atoms with Gasteiger partial charge in [0.2, 0.25) is 5.75 Å². The van der Waals surface area contributed by atoms with Crippen LogP contribution in [0.4, 0.5) is 30.2 Å². The summed E-state index contributed by atoms with van der Waals surface area (Å²) >= 11 is 0. The number of ether oxygens (including phenoxy) is 1. The number of anilines is 1. The molecule has 2 aromatic rings. The molecule has 0 aliphatic carbocycles. The van der Waals surface area contributed by atoms with Gasteiger partial charge in [0, 0.05) is 29.3 Å². The normalized spacial score (nSPS) is 10.6. The number of alkyl halides is 3. The molecule has 0 aliphatic rings. The minimum atomic E-state index is -4.74. The van der Waals surface area contributed by atoms with E-state index in [2.05, 4.69) is 14.4 Å². The molecule has 0 atom stereocenters. The topological polar surface area (TPSA) is 143 Å². The Morgan fingerprint density at radius 2 is 1.53 bits per heavy atom. The Bertz CT molecular complexity index is 1010. The lowest BCUT2D eigenvalue weighted by molar-refractivity contribution is -0.385. The summed E-state index contributed by atoms with van der Waals surface area (Å²) < 4.78 is 62.9. The summed E-state index contributed by atoms with van der Waals surface area (Å²) in [4.78, 5) is 20.4. The molecule has 15 heteroatoms. The van der Waals surface area contributed by atoms with Gasteiger partial charge in [-0.25, -0.2) is 0 Å². The highest BCUT2D eigenvalue weighted by molar-refractivity contribution is 7.33. The zero-order valence-electron chi connectivity index (χ0n) is 18.3. The third-order valence-electron chi connectivity index (χ3n) is 3.71. The molecule has 1 N–H and O–H groups in total. The summed E-state index contributed by atoms with van der Waals surface area (Å²) in [6.07, 6.45) is -4.74. The van der Waals surface area contributed by atoms with Crippen molar-refractivity contribution in [2.24, 2.45) is 0 Å². The van der Waals surface area contributed by atoms with E-state index in [1.807, 2.05) is 0 Å². The lowest BCUT2D eigenvalue weighted by atomic mass is 10.2. The Morgan fingerprint density at radius 3 is 2.00 bits per heavy atom. The molecule has 2 rings (SSSR count). The molecule has 0 bridgehead atoms. The molecule has 0 amide bonds. The summed E-state index contributed by atoms with van der Waals surface area (Å²) in [7, 11) is -1.83. The molecule has 0 unspecified atom stereocenters. The second-order valence-electron chi connectivity index (χ2n) is 6.06. The van der Waals surface area contributed by atoms with E-state index in [0.717, 1.165) is 12.1 Å². The van der Waals surface area contributed by atoms with Gasteiger partial charge in [0.15, 0.2) is 0 Å². The number of nitrogens with one attached hydrogen (secondary N) is 1. The van der Waals surface area contributed by atoms with Crippen LogP contribution in [0.3, 0.4) is 0 Å². The van der Waals surface area contributed by atoms with Crippen LogP contribution in [-0.4, -0.2) is 29.6 Å². The molecule has 0 aromatic heterocycles. The number of nitro benzene ring substituents is 2. The lowest BCUT2D eigenvalue weighted by Crippen LogP contribution is -2.06. The summed E-state index contributed by atoms with van der Waals surface area (Å²) in [5, 5.41) is 24.8. The molecule has 0 aliphatic heterocycles. The molecule has 0 spiro atoms. The maximum absolute atomic E-state index is 12.7. The van der Waals surface area contributed by atoms with E-state index in [4.69, 9.17) is 4.74 Å². The molecular weight excluding hydrogens is 486 g/mol. The van der Waals surface area contributed by atoms with Gasteiger partial charge in [-0.15, -0.1) is 9.05 Å². The van der Waals surface area contributed by atoms with Crippen molar-refractivity contribution in [3.05, 3.63) is 62.2 Å². The van der Waals surface area contributed by atoms with Crippen LogP contribution in [0.1, 0.15) is 26.3 Å². The molecule has 0 fully saturated rings. The highest BCUT2D eigenvalue weighted by Gasteiger charge is 2.33. The molecular formula is C19H22F3N3O8P+. The SMILES string of the molecule is CCNc1cc(Oc2ccc(C(F)(F)F)cc2[N+](=O)[O-])ccc1[N+](=O)[O-].CCO[P+](=O)OCC. The monoisotopic (exact) mass is 508 g/mol. The first-order chi connectivity index (χ1) is 15.9. The predicted octanol–water partition coefficient (Wildman–Crippen LogP) is 6.46. The summed E-state index contributed by atoms with van der Waals surface area (Å²) in [5.41, 5.74) is -2.18. The van der Waals surface area contributed by atoms with Gasteiger partial charge in [0.1, 0.15) is 24.7 Å². The molecule has 0 heterocycles. The van der Waals surface area contributed by atoms with Crippen LogP contribution in [0.15, 0.2) is 36.4 Å². The van der Waals surface area contributed by atoms with Gasteiger partial charge in [-0.2, -0.15) is 13.2 Å². The van der Waals surface area contributed by atoms with Crippen molar-refractivity contribution < 1.29 is 41.4 Å². The van der Waals surface area contributed by atoms with E-state index in [9.17, 15) is 38.0 Å². The number of rotatable bonds is 10. The van der Waals surface area contributed by atoms with Crippen molar-refractivity contribution in [1.82, 2.24) is 0 Å². The third-order valence-corrected chi connectivity index (χ3v) is 4.65. The fourth-order valence-corrected chi connectivity index (χ4v) is 2.86. The number of nitro groups is 2. The van der Waals surface area contributed by atoms with Gasteiger partial charge >= 0.3 is 20.1 Å². The molecule has 11 nitrogen and oxygen atoms in total. The Kier molecular flexibility index (Phi) is 11.3. The van der Waals surface area contributed by atoms with Crippen LogP contribution in [0, 0.1) is 20.2 Å². The number of halogens is 3. The van der Waals surface area contributed by atoms with E-state index < -0.39 is 41.3 Å². The van der Waals surface area contributed by atoms with Crippen molar-refractivity contribution >= 4 is 25.3 Å². The van der Waals surface area contributed by atoms with Gasteiger partial charge in [-0.05, 0) is 39.0 Å². The molecule has 186 valence electrons. The quantitative estimate of drug-likeness (QED) is 0.217. The average Bonchev–Trinajstić information content (AvgIpc) is 2.74. The summed E-state index contributed by atoms with van der Waals surface area (Å²) in [6.45, 7) is 6.49. The van der Waals surface area contributed by atoms with Gasteiger partial charge in [0.25, 0.3) is 5.69 Å². The molecule has 0 saturated heterocycles.